The van der Waals surface area contributed by atoms with Gasteiger partial charge in [-0.25, -0.2) is 0 Å². The van der Waals surface area contributed by atoms with Crippen LogP contribution in [0, 0.1) is 11.8 Å². The van der Waals surface area contributed by atoms with E-state index in [0.29, 0.717) is 5.92 Å². The lowest BCUT2D eigenvalue weighted by Crippen LogP contribution is -2.28. The minimum Gasteiger partial charge on any atom is -0.392 e. The van der Waals surface area contributed by atoms with Crippen molar-refractivity contribution in [3.63, 3.8) is 0 Å². The third-order valence-corrected chi connectivity index (χ3v) is 5.67. The molecule has 1 saturated carbocycles. The highest BCUT2D eigenvalue weighted by Gasteiger charge is 2.26. The third kappa shape index (κ3) is 3.58. The average Bonchev–Trinajstić information content (AvgIpc) is 2.86. The van der Waals surface area contributed by atoms with E-state index in [1.54, 1.807) is 0 Å². The monoisotopic (exact) mass is 266 g/mol. The number of aliphatic hydroxyl groups excluding tert-OH is 1. The van der Waals surface area contributed by atoms with E-state index in [9.17, 15) is 5.11 Å². The number of thiophene rings is 1. The van der Waals surface area contributed by atoms with E-state index < -0.39 is 0 Å². The summed E-state index contributed by atoms with van der Waals surface area (Å²) in [6.07, 6.45) is 8.29. The van der Waals surface area contributed by atoms with Gasteiger partial charge in [-0.1, -0.05) is 33.1 Å². The standard InChI is InChI=1S/C16H26OS/c1-3-12-6-5-7-13(10-12)16(17)11-15-9-8-14(4-2)18-15/h8-9,12-13,16-17H,3-7,10-11H2,1-2H3. The maximum atomic E-state index is 10.4. The van der Waals surface area contributed by atoms with E-state index in [-0.39, 0.29) is 6.10 Å². The fraction of sp³-hybridized carbons (Fsp3) is 0.750. The molecule has 18 heavy (non-hydrogen) atoms. The SMILES string of the molecule is CCc1ccc(CC(O)C2CCCC(CC)C2)s1. The van der Waals surface area contributed by atoms with Gasteiger partial charge < -0.3 is 5.11 Å². The zero-order valence-corrected chi connectivity index (χ0v) is 12.5. The molecule has 2 rings (SSSR count). The first-order chi connectivity index (χ1) is 8.72. The summed E-state index contributed by atoms with van der Waals surface area (Å²) in [5.74, 6) is 1.39. The maximum absolute atomic E-state index is 10.4. The molecule has 1 aliphatic carbocycles. The van der Waals surface area contributed by atoms with Crippen molar-refractivity contribution in [2.45, 2.75) is 64.9 Å². The van der Waals surface area contributed by atoms with Crippen molar-refractivity contribution in [3.8, 4) is 0 Å². The number of aryl methyl sites for hydroxylation is 1. The third-order valence-electron chi connectivity index (χ3n) is 4.42. The smallest absolute Gasteiger partial charge is 0.0616 e. The first-order valence-corrected chi connectivity index (χ1v) is 8.30. The van der Waals surface area contributed by atoms with Crippen LogP contribution >= 0.6 is 11.3 Å². The molecule has 0 saturated heterocycles. The second-order valence-corrected chi connectivity index (χ2v) is 6.95. The topological polar surface area (TPSA) is 20.2 Å². The van der Waals surface area contributed by atoms with Crippen LogP contribution in [0.5, 0.6) is 0 Å². The summed E-state index contributed by atoms with van der Waals surface area (Å²) in [6, 6.07) is 4.41. The van der Waals surface area contributed by atoms with Gasteiger partial charge >= 0.3 is 0 Å². The Bertz CT molecular complexity index is 358. The molecule has 1 aromatic heterocycles. The van der Waals surface area contributed by atoms with Crippen LogP contribution in [0.2, 0.25) is 0 Å². The molecule has 0 aliphatic heterocycles. The summed E-state index contributed by atoms with van der Waals surface area (Å²) in [5, 5.41) is 10.4. The molecular formula is C16H26OS. The molecule has 0 aromatic carbocycles. The highest BCUT2D eigenvalue weighted by molar-refractivity contribution is 7.11. The molecule has 1 heterocycles. The Kier molecular flexibility index (Phi) is 5.25. The van der Waals surface area contributed by atoms with Gasteiger partial charge in [-0.05, 0) is 43.2 Å². The second-order valence-electron chi connectivity index (χ2n) is 5.69. The molecule has 0 spiro atoms. The van der Waals surface area contributed by atoms with Crippen molar-refractivity contribution in [2.75, 3.05) is 0 Å². The largest absolute Gasteiger partial charge is 0.392 e. The quantitative estimate of drug-likeness (QED) is 0.836. The molecule has 1 nitrogen and oxygen atoms in total. The van der Waals surface area contributed by atoms with Gasteiger partial charge in [0.1, 0.15) is 0 Å². The summed E-state index contributed by atoms with van der Waals surface area (Å²) < 4.78 is 0. The van der Waals surface area contributed by atoms with Crippen molar-refractivity contribution in [1.29, 1.82) is 0 Å². The van der Waals surface area contributed by atoms with Crippen LogP contribution in [0.4, 0.5) is 0 Å². The fourth-order valence-electron chi connectivity index (χ4n) is 3.15. The van der Waals surface area contributed by atoms with Gasteiger partial charge in [0.05, 0.1) is 6.10 Å². The van der Waals surface area contributed by atoms with Gasteiger partial charge in [-0.2, -0.15) is 0 Å². The molecule has 1 aliphatic rings. The molecule has 3 unspecified atom stereocenters. The molecule has 1 fully saturated rings. The first-order valence-electron chi connectivity index (χ1n) is 7.48. The Morgan fingerprint density at radius 2 is 2.06 bits per heavy atom. The summed E-state index contributed by atoms with van der Waals surface area (Å²) in [4.78, 5) is 2.80. The van der Waals surface area contributed by atoms with E-state index in [0.717, 1.165) is 18.8 Å². The molecule has 1 N–H and O–H groups in total. The van der Waals surface area contributed by atoms with Gasteiger partial charge in [-0.15, -0.1) is 11.3 Å². The zero-order chi connectivity index (χ0) is 13.0. The molecule has 1 aromatic rings. The van der Waals surface area contributed by atoms with Crippen LogP contribution in [0.25, 0.3) is 0 Å². The maximum Gasteiger partial charge on any atom is 0.0616 e. The van der Waals surface area contributed by atoms with E-state index in [1.165, 1.54) is 41.9 Å². The molecule has 0 radical (unpaired) electrons. The first kappa shape index (κ1) is 14.1. The van der Waals surface area contributed by atoms with Crippen LogP contribution in [-0.2, 0) is 12.8 Å². The lowest BCUT2D eigenvalue weighted by atomic mass is 9.77. The molecule has 0 bridgehead atoms. The number of hydrogen-bond acceptors (Lipinski definition) is 2. The lowest BCUT2D eigenvalue weighted by molar-refractivity contribution is 0.0691. The van der Waals surface area contributed by atoms with Crippen molar-refractivity contribution < 1.29 is 5.11 Å². The van der Waals surface area contributed by atoms with Gasteiger partial charge in [-0.3, -0.25) is 0 Å². The minimum atomic E-state index is -0.122. The van der Waals surface area contributed by atoms with E-state index in [2.05, 4.69) is 26.0 Å². The van der Waals surface area contributed by atoms with Crippen molar-refractivity contribution in [2.24, 2.45) is 11.8 Å². The number of hydrogen-bond donors (Lipinski definition) is 1. The summed E-state index contributed by atoms with van der Waals surface area (Å²) >= 11 is 1.87. The van der Waals surface area contributed by atoms with E-state index >= 15 is 0 Å². The normalized spacial score (nSPS) is 26.2. The Morgan fingerprint density at radius 3 is 2.72 bits per heavy atom. The number of aliphatic hydroxyl groups is 1. The average molecular weight is 266 g/mol. The lowest BCUT2D eigenvalue weighted by Gasteiger charge is -2.31. The predicted octanol–water partition coefficient (Wildman–Crippen LogP) is 4.43. The highest BCUT2D eigenvalue weighted by Crippen LogP contribution is 2.34. The minimum absolute atomic E-state index is 0.122. The summed E-state index contributed by atoms with van der Waals surface area (Å²) in [6.45, 7) is 4.48. The van der Waals surface area contributed by atoms with Gasteiger partial charge in [0, 0.05) is 16.2 Å². The summed E-state index contributed by atoms with van der Waals surface area (Å²) in [7, 11) is 0. The molecule has 2 heteroatoms. The summed E-state index contributed by atoms with van der Waals surface area (Å²) in [5.41, 5.74) is 0. The van der Waals surface area contributed by atoms with Crippen LogP contribution in [0.15, 0.2) is 12.1 Å². The Labute approximate surface area is 115 Å². The van der Waals surface area contributed by atoms with Crippen LogP contribution < -0.4 is 0 Å². The van der Waals surface area contributed by atoms with Crippen LogP contribution in [-0.4, -0.2) is 11.2 Å². The Hall–Kier alpha value is -0.340. The molecule has 102 valence electrons. The zero-order valence-electron chi connectivity index (χ0n) is 11.7. The van der Waals surface area contributed by atoms with Gasteiger partial charge in [0.25, 0.3) is 0 Å². The Balaban J connectivity index is 1.88. The van der Waals surface area contributed by atoms with Crippen LogP contribution in [0.3, 0.4) is 0 Å². The number of rotatable bonds is 5. The molecule has 3 atom stereocenters. The van der Waals surface area contributed by atoms with Crippen molar-refractivity contribution in [1.82, 2.24) is 0 Å². The predicted molar refractivity (Wildman–Crippen MR) is 79.1 cm³/mol. The highest BCUT2D eigenvalue weighted by atomic mass is 32.1. The van der Waals surface area contributed by atoms with Crippen LogP contribution in [0.1, 0.15) is 55.7 Å². The molecule has 0 amide bonds. The van der Waals surface area contributed by atoms with E-state index in [4.69, 9.17) is 0 Å². The van der Waals surface area contributed by atoms with Gasteiger partial charge in [0.15, 0.2) is 0 Å². The fourth-order valence-corrected chi connectivity index (χ4v) is 4.16. The van der Waals surface area contributed by atoms with Gasteiger partial charge in [0.2, 0.25) is 0 Å². The van der Waals surface area contributed by atoms with Crippen molar-refractivity contribution >= 4 is 11.3 Å². The molecular weight excluding hydrogens is 240 g/mol. The Morgan fingerprint density at radius 1 is 1.28 bits per heavy atom. The van der Waals surface area contributed by atoms with Crippen molar-refractivity contribution in [3.05, 3.63) is 21.9 Å². The second kappa shape index (κ2) is 6.72. The van der Waals surface area contributed by atoms with E-state index in [1.807, 2.05) is 11.3 Å².